The maximum absolute atomic E-state index is 11.6. The summed E-state index contributed by atoms with van der Waals surface area (Å²) < 4.78 is 24.7. The molecule has 0 atom stereocenters. The van der Waals surface area contributed by atoms with Gasteiger partial charge in [-0.3, -0.25) is 0 Å². The van der Waals surface area contributed by atoms with Crippen molar-refractivity contribution >= 4 is 21.7 Å². The highest BCUT2D eigenvalue weighted by Gasteiger charge is 2.22. The van der Waals surface area contributed by atoms with Crippen LogP contribution in [0, 0.1) is 0 Å². The summed E-state index contributed by atoms with van der Waals surface area (Å²) in [6.45, 7) is 2.52. The summed E-state index contributed by atoms with van der Waals surface area (Å²) >= 11 is 0. The van der Waals surface area contributed by atoms with Crippen molar-refractivity contribution in [1.82, 2.24) is 14.3 Å². The first-order valence-corrected chi connectivity index (χ1v) is 8.42. The molecule has 0 aliphatic carbocycles. The highest BCUT2D eigenvalue weighted by atomic mass is 32.2. The van der Waals surface area contributed by atoms with E-state index in [0.717, 1.165) is 24.6 Å². The average molecular weight is 299 g/mol. The molecule has 2 heterocycles. The monoisotopic (exact) mass is 299 g/mol. The quantitative estimate of drug-likeness (QED) is 0.783. The van der Waals surface area contributed by atoms with Gasteiger partial charge in [0.2, 0.25) is 10.0 Å². The average Bonchev–Trinajstić information content (AvgIpc) is 2.64. The van der Waals surface area contributed by atoms with Crippen LogP contribution in [0.2, 0.25) is 0 Å². The lowest BCUT2D eigenvalue weighted by atomic mass is 10.3. The predicted molar refractivity (Wildman–Crippen MR) is 79.6 cm³/mol. The minimum atomic E-state index is -3.11. The summed E-state index contributed by atoms with van der Waals surface area (Å²) in [7, 11) is 0.750. The van der Waals surface area contributed by atoms with Crippen LogP contribution in [0.15, 0.2) is 12.4 Å². The minimum Gasteiger partial charge on any atom is -0.363 e. The summed E-state index contributed by atoms with van der Waals surface area (Å²) in [5, 5.41) is 0. The van der Waals surface area contributed by atoms with Crippen molar-refractivity contribution in [3.63, 3.8) is 0 Å². The molecule has 0 aromatic carbocycles. The Morgan fingerprint density at radius 3 is 2.55 bits per heavy atom. The van der Waals surface area contributed by atoms with E-state index in [1.165, 1.54) is 10.6 Å². The van der Waals surface area contributed by atoms with Gasteiger partial charge in [-0.25, -0.2) is 22.7 Å². The molecule has 2 rings (SSSR count). The van der Waals surface area contributed by atoms with Gasteiger partial charge >= 0.3 is 0 Å². The van der Waals surface area contributed by atoms with E-state index in [1.54, 1.807) is 6.33 Å². The van der Waals surface area contributed by atoms with Crippen molar-refractivity contribution in [2.45, 2.75) is 6.42 Å². The maximum atomic E-state index is 11.6. The standard InChI is InChI=1S/C12H21N5O2S/c1-15(2)11-9-12(14-10-13-11)16-5-4-6-17(8-7-16)20(3,18)19/h9-10H,4-8H2,1-3H3. The normalized spacial score (nSPS) is 17.9. The molecule has 8 heteroatoms. The Morgan fingerprint density at radius 2 is 1.90 bits per heavy atom. The molecule has 1 aromatic heterocycles. The van der Waals surface area contributed by atoms with Crippen molar-refractivity contribution in [3.05, 3.63) is 12.4 Å². The Balaban J connectivity index is 2.13. The number of hydrogen-bond donors (Lipinski definition) is 0. The van der Waals surface area contributed by atoms with Crippen LogP contribution in [0.5, 0.6) is 0 Å². The zero-order valence-electron chi connectivity index (χ0n) is 12.2. The fourth-order valence-corrected chi connectivity index (χ4v) is 3.08. The topological polar surface area (TPSA) is 69.6 Å². The summed E-state index contributed by atoms with van der Waals surface area (Å²) in [5.74, 6) is 1.69. The molecule has 20 heavy (non-hydrogen) atoms. The molecule has 0 saturated carbocycles. The molecule has 1 aromatic rings. The van der Waals surface area contributed by atoms with Crippen molar-refractivity contribution in [1.29, 1.82) is 0 Å². The van der Waals surface area contributed by atoms with Crippen LogP contribution in [-0.2, 0) is 10.0 Å². The highest BCUT2D eigenvalue weighted by molar-refractivity contribution is 7.88. The van der Waals surface area contributed by atoms with E-state index in [-0.39, 0.29) is 0 Å². The zero-order chi connectivity index (χ0) is 14.8. The number of nitrogens with zero attached hydrogens (tertiary/aromatic N) is 5. The van der Waals surface area contributed by atoms with E-state index in [4.69, 9.17) is 0 Å². The number of rotatable bonds is 3. The van der Waals surface area contributed by atoms with Crippen molar-refractivity contribution in [3.8, 4) is 0 Å². The molecule has 1 fully saturated rings. The first-order valence-electron chi connectivity index (χ1n) is 6.57. The smallest absolute Gasteiger partial charge is 0.211 e. The second kappa shape index (κ2) is 5.92. The van der Waals surface area contributed by atoms with Gasteiger partial charge < -0.3 is 9.80 Å². The van der Waals surface area contributed by atoms with Gasteiger partial charge in [-0.05, 0) is 6.42 Å². The van der Waals surface area contributed by atoms with E-state index < -0.39 is 10.0 Å². The summed E-state index contributed by atoms with van der Waals surface area (Å²) in [6.07, 6.45) is 3.61. The van der Waals surface area contributed by atoms with Gasteiger partial charge in [0.1, 0.15) is 18.0 Å². The zero-order valence-corrected chi connectivity index (χ0v) is 13.0. The van der Waals surface area contributed by atoms with Crippen LogP contribution < -0.4 is 9.80 Å². The van der Waals surface area contributed by atoms with Crippen molar-refractivity contribution in [2.24, 2.45) is 0 Å². The van der Waals surface area contributed by atoms with E-state index in [9.17, 15) is 8.42 Å². The molecular formula is C12H21N5O2S. The van der Waals surface area contributed by atoms with Crippen LogP contribution in [-0.4, -0.2) is 69.2 Å². The lowest BCUT2D eigenvalue weighted by molar-refractivity contribution is 0.437. The number of hydrogen-bond acceptors (Lipinski definition) is 6. The van der Waals surface area contributed by atoms with Gasteiger partial charge in [-0.2, -0.15) is 0 Å². The van der Waals surface area contributed by atoms with Gasteiger partial charge in [0.15, 0.2) is 0 Å². The predicted octanol–water partition coefficient (Wildman–Crippen LogP) is 0.0143. The van der Waals surface area contributed by atoms with Crippen molar-refractivity contribution < 1.29 is 8.42 Å². The van der Waals surface area contributed by atoms with E-state index >= 15 is 0 Å². The Bertz CT molecular complexity index is 561. The van der Waals surface area contributed by atoms with E-state index in [2.05, 4.69) is 14.9 Å². The lowest BCUT2D eigenvalue weighted by Crippen LogP contribution is -2.34. The second-order valence-corrected chi connectivity index (χ2v) is 7.11. The summed E-state index contributed by atoms with van der Waals surface area (Å²) in [6, 6.07) is 1.93. The van der Waals surface area contributed by atoms with Gasteiger partial charge in [-0.1, -0.05) is 0 Å². The molecule has 0 radical (unpaired) electrons. The van der Waals surface area contributed by atoms with Gasteiger partial charge in [0, 0.05) is 46.3 Å². The van der Waals surface area contributed by atoms with Gasteiger partial charge in [-0.15, -0.1) is 0 Å². The molecule has 7 nitrogen and oxygen atoms in total. The Labute approximate surface area is 120 Å². The Morgan fingerprint density at radius 1 is 1.15 bits per heavy atom. The fraction of sp³-hybridized carbons (Fsp3) is 0.667. The van der Waals surface area contributed by atoms with E-state index in [1.807, 2.05) is 25.1 Å². The van der Waals surface area contributed by atoms with Crippen LogP contribution in [0.3, 0.4) is 0 Å². The minimum absolute atomic E-state index is 0.500. The van der Waals surface area contributed by atoms with Gasteiger partial charge in [0.05, 0.1) is 6.26 Å². The SMILES string of the molecule is CN(C)c1cc(N2CCCN(S(C)(=O)=O)CC2)ncn1. The summed E-state index contributed by atoms with van der Waals surface area (Å²) in [5.41, 5.74) is 0. The summed E-state index contributed by atoms with van der Waals surface area (Å²) in [4.78, 5) is 12.5. The first-order chi connectivity index (χ1) is 9.38. The fourth-order valence-electron chi connectivity index (χ4n) is 2.21. The molecule has 1 aliphatic heterocycles. The second-order valence-electron chi connectivity index (χ2n) is 5.13. The van der Waals surface area contributed by atoms with Crippen LogP contribution in [0.25, 0.3) is 0 Å². The molecule has 1 aliphatic rings. The Hall–Kier alpha value is -1.41. The molecule has 1 saturated heterocycles. The van der Waals surface area contributed by atoms with Crippen molar-refractivity contribution in [2.75, 3.05) is 56.3 Å². The van der Waals surface area contributed by atoms with Gasteiger partial charge in [0.25, 0.3) is 0 Å². The highest BCUT2D eigenvalue weighted by Crippen LogP contribution is 2.18. The molecule has 0 bridgehead atoms. The van der Waals surface area contributed by atoms with Crippen LogP contribution in [0.1, 0.15) is 6.42 Å². The number of aromatic nitrogens is 2. The third-order valence-corrected chi connectivity index (χ3v) is 4.65. The number of anilines is 2. The number of sulfonamides is 1. The van der Waals surface area contributed by atoms with Crippen LogP contribution in [0.4, 0.5) is 11.6 Å². The lowest BCUT2D eigenvalue weighted by Gasteiger charge is -2.23. The molecule has 0 unspecified atom stereocenters. The maximum Gasteiger partial charge on any atom is 0.211 e. The van der Waals surface area contributed by atoms with E-state index in [0.29, 0.717) is 19.6 Å². The largest absolute Gasteiger partial charge is 0.363 e. The molecular weight excluding hydrogens is 278 g/mol. The third kappa shape index (κ3) is 3.57. The molecule has 112 valence electrons. The first kappa shape index (κ1) is 15.0. The molecule has 0 amide bonds. The third-order valence-electron chi connectivity index (χ3n) is 3.34. The van der Waals surface area contributed by atoms with Crippen LogP contribution >= 0.6 is 0 Å². The Kier molecular flexibility index (Phi) is 4.44. The molecule has 0 N–H and O–H groups in total. The molecule has 0 spiro atoms.